The molecule has 1 aromatic rings. The second-order valence-electron chi connectivity index (χ2n) is 2.60. The minimum absolute atomic E-state index is 0. The van der Waals surface area contributed by atoms with Crippen molar-refractivity contribution in [3.8, 4) is 0 Å². The van der Waals surface area contributed by atoms with E-state index in [1.54, 1.807) is 0 Å². The number of hydrogen-bond donors (Lipinski definition) is 1. The summed E-state index contributed by atoms with van der Waals surface area (Å²) in [5.74, 6) is 0. The number of halogens is 2. The molecule has 1 aromatic carbocycles. The second kappa shape index (κ2) is 4.58. The number of benzene rings is 1. The van der Waals surface area contributed by atoms with Crippen molar-refractivity contribution >= 4 is 39.7 Å². The highest BCUT2D eigenvalue weighted by Gasteiger charge is 1.99. The number of nitrogens with zero attached hydrogens (tertiary/aromatic N) is 1. The molecule has 0 amide bonds. The molecule has 0 fully saturated rings. The highest BCUT2D eigenvalue weighted by Crippen LogP contribution is 2.24. The van der Waals surface area contributed by atoms with Gasteiger partial charge in [-0.3, -0.25) is 0 Å². The zero-order chi connectivity index (χ0) is 8.43. The molecule has 68 valence electrons. The van der Waals surface area contributed by atoms with Crippen LogP contribution in [0.3, 0.4) is 0 Å². The van der Waals surface area contributed by atoms with Gasteiger partial charge in [0.1, 0.15) is 0 Å². The van der Waals surface area contributed by atoms with Gasteiger partial charge in [-0.25, -0.2) is 0 Å². The molecular formula is C8H12BrClN2. The average molecular weight is 252 g/mol. The molecule has 0 atom stereocenters. The van der Waals surface area contributed by atoms with Gasteiger partial charge in [0.05, 0.1) is 11.4 Å². The fraction of sp³-hybridized carbons (Fsp3) is 0.250. The topological polar surface area (TPSA) is 29.3 Å². The molecule has 0 aromatic heterocycles. The Balaban J connectivity index is 0.00000121. The van der Waals surface area contributed by atoms with Crippen LogP contribution in [0.5, 0.6) is 0 Å². The van der Waals surface area contributed by atoms with Crippen molar-refractivity contribution in [3.63, 3.8) is 0 Å². The molecule has 4 heteroatoms. The lowest BCUT2D eigenvalue weighted by Crippen LogP contribution is -2.10. The lowest BCUT2D eigenvalue weighted by atomic mass is 10.2. The Morgan fingerprint density at radius 3 is 2.33 bits per heavy atom. The van der Waals surface area contributed by atoms with E-state index in [0.29, 0.717) is 0 Å². The summed E-state index contributed by atoms with van der Waals surface area (Å²) in [5, 5.41) is 0. The van der Waals surface area contributed by atoms with Crippen LogP contribution in [-0.4, -0.2) is 14.1 Å². The Bertz CT molecular complexity index is 263. The Hall–Kier alpha value is -0.410. The van der Waals surface area contributed by atoms with Crippen molar-refractivity contribution < 1.29 is 0 Å². The molecule has 0 heterocycles. The molecule has 0 bridgehead atoms. The van der Waals surface area contributed by atoms with E-state index in [4.69, 9.17) is 5.73 Å². The summed E-state index contributed by atoms with van der Waals surface area (Å²) in [6.07, 6.45) is 0. The number of nitrogens with two attached hydrogens (primary N) is 1. The smallest absolute Gasteiger partial charge is 0.0595 e. The molecule has 0 saturated heterocycles. The molecule has 2 nitrogen and oxygen atoms in total. The fourth-order valence-electron chi connectivity index (χ4n) is 0.933. The maximum absolute atomic E-state index is 5.75. The van der Waals surface area contributed by atoms with Gasteiger partial charge < -0.3 is 10.6 Å². The normalized spacial score (nSPS) is 8.92. The lowest BCUT2D eigenvalue weighted by molar-refractivity contribution is 1.13. The molecule has 0 radical (unpaired) electrons. The first kappa shape index (κ1) is 11.6. The van der Waals surface area contributed by atoms with Gasteiger partial charge in [-0.15, -0.1) is 12.4 Å². The Morgan fingerprint density at radius 1 is 1.33 bits per heavy atom. The molecule has 0 aliphatic rings. The van der Waals surface area contributed by atoms with Gasteiger partial charge >= 0.3 is 0 Å². The van der Waals surface area contributed by atoms with Gasteiger partial charge in [0, 0.05) is 18.6 Å². The molecule has 0 aliphatic heterocycles. The fourth-order valence-corrected chi connectivity index (χ4v) is 1.31. The zero-order valence-corrected chi connectivity index (χ0v) is 9.45. The maximum Gasteiger partial charge on any atom is 0.0595 e. The minimum atomic E-state index is 0. The van der Waals surface area contributed by atoms with E-state index in [1.807, 2.05) is 37.2 Å². The van der Waals surface area contributed by atoms with Crippen LogP contribution >= 0.6 is 28.3 Å². The van der Waals surface area contributed by atoms with E-state index in [9.17, 15) is 0 Å². The molecule has 0 saturated carbocycles. The first-order chi connectivity index (χ1) is 5.11. The summed E-state index contributed by atoms with van der Waals surface area (Å²) in [7, 11) is 3.94. The zero-order valence-electron chi connectivity index (χ0n) is 7.04. The molecule has 0 aliphatic carbocycles. The number of nitrogen functional groups attached to an aromatic ring is 1. The molecule has 2 N–H and O–H groups in total. The van der Waals surface area contributed by atoms with Crippen LogP contribution in [0.4, 0.5) is 11.4 Å². The summed E-state index contributed by atoms with van der Waals surface area (Å²) >= 11 is 3.35. The number of rotatable bonds is 1. The van der Waals surface area contributed by atoms with Gasteiger partial charge in [-0.1, -0.05) is 15.9 Å². The molecule has 12 heavy (non-hydrogen) atoms. The summed E-state index contributed by atoms with van der Waals surface area (Å²) in [6, 6.07) is 5.86. The van der Waals surface area contributed by atoms with Crippen molar-refractivity contribution in [2.24, 2.45) is 0 Å². The second-order valence-corrected chi connectivity index (χ2v) is 3.51. The third-order valence-corrected chi connectivity index (χ3v) is 1.96. The molecular weight excluding hydrogens is 239 g/mol. The summed E-state index contributed by atoms with van der Waals surface area (Å²) in [5.41, 5.74) is 7.60. The largest absolute Gasteiger partial charge is 0.397 e. The maximum atomic E-state index is 5.75. The molecule has 0 spiro atoms. The van der Waals surface area contributed by atoms with Crippen molar-refractivity contribution in [2.45, 2.75) is 0 Å². The van der Waals surface area contributed by atoms with Crippen LogP contribution in [0.25, 0.3) is 0 Å². The van der Waals surface area contributed by atoms with Gasteiger partial charge in [0.25, 0.3) is 0 Å². The van der Waals surface area contributed by atoms with Crippen molar-refractivity contribution in [3.05, 3.63) is 22.7 Å². The van der Waals surface area contributed by atoms with Crippen LogP contribution in [0.2, 0.25) is 0 Å². The predicted molar refractivity (Wildman–Crippen MR) is 60.1 cm³/mol. The van der Waals surface area contributed by atoms with Crippen LogP contribution in [0.15, 0.2) is 22.7 Å². The summed E-state index contributed by atoms with van der Waals surface area (Å²) in [4.78, 5) is 1.99. The Labute approximate surface area is 87.3 Å². The first-order valence-electron chi connectivity index (χ1n) is 3.33. The SMILES string of the molecule is CN(C)c1ccc(Br)cc1N.Cl. The quantitative estimate of drug-likeness (QED) is 0.777. The van der Waals surface area contributed by atoms with Crippen molar-refractivity contribution in [2.75, 3.05) is 24.7 Å². The number of anilines is 2. The lowest BCUT2D eigenvalue weighted by Gasteiger charge is -2.14. The van der Waals surface area contributed by atoms with Crippen LogP contribution < -0.4 is 10.6 Å². The van der Waals surface area contributed by atoms with E-state index in [-0.39, 0.29) is 12.4 Å². The van der Waals surface area contributed by atoms with Crippen LogP contribution in [0, 0.1) is 0 Å². The number of hydrogen-bond acceptors (Lipinski definition) is 2. The van der Waals surface area contributed by atoms with E-state index in [1.165, 1.54) is 0 Å². The van der Waals surface area contributed by atoms with E-state index in [0.717, 1.165) is 15.8 Å². The van der Waals surface area contributed by atoms with E-state index >= 15 is 0 Å². The summed E-state index contributed by atoms with van der Waals surface area (Å²) < 4.78 is 1.01. The predicted octanol–water partition coefficient (Wildman–Crippen LogP) is 2.52. The third kappa shape index (κ3) is 2.57. The Kier molecular flexibility index (Phi) is 4.42. The van der Waals surface area contributed by atoms with Gasteiger partial charge in [-0.2, -0.15) is 0 Å². The molecule has 1 rings (SSSR count). The van der Waals surface area contributed by atoms with Gasteiger partial charge in [0.2, 0.25) is 0 Å². The van der Waals surface area contributed by atoms with E-state index < -0.39 is 0 Å². The summed E-state index contributed by atoms with van der Waals surface area (Å²) in [6.45, 7) is 0. The Morgan fingerprint density at radius 2 is 1.92 bits per heavy atom. The standard InChI is InChI=1S/C8H11BrN2.ClH/c1-11(2)8-4-3-6(9)5-7(8)10;/h3-5H,10H2,1-2H3;1H. The van der Waals surface area contributed by atoms with Crippen molar-refractivity contribution in [1.29, 1.82) is 0 Å². The van der Waals surface area contributed by atoms with E-state index in [2.05, 4.69) is 15.9 Å². The monoisotopic (exact) mass is 250 g/mol. The molecule has 0 unspecified atom stereocenters. The van der Waals surface area contributed by atoms with Crippen LogP contribution in [-0.2, 0) is 0 Å². The van der Waals surface area contributed by atoms with Gasteiger partial charge in [-0.05, 0) is 18.2 Å². The van der Waals surface area contributed by atoms with Crippen LogP contribution in [0.1, 0.15) is 0 Å². The van der Waals surface area contributed by atoms with Crippen molar-refractivity contribution in [1.82, 2.24) is 0 Å². The minimum Gasteiger partial charge on any atom is -0.397 e. The average Bonchev–Trinajstić information content (AvgIpc) is 1.85. The third-order valence-electron chi connectivity index (χ3n) is 1.47. The highest BCUT2D eigenvalue weighted by atomic mass is 79.9. The van der Waals surface area contributed by atoms with Gasteiger partial charge in [0.15, 0.2) is 0 Å². The highest BCUT2D eigenvalue weighted by molar-refractivity contribution is 9.10. The first-order valence-corrected chi connectivity index (χ1v) is 4.13.